The normalized spacial score (nSPS) is 18.5. The summed E-state index contributed by atoms with van der Waals surface area (Å²) in [6, 6.07) is -0.733. The summed E-state index contributed by atoms with van der Waals surface area (Å²) in [6.45, 7) is 2.87. The van der Waals surface area contributed by atoms with Crippen molar-refractivity contribution in [3.05, 3.63) is 65.2 Å². The molecule has 5 N–H and O–H groups in total. The number of aryl methyl sites for hydroxylation is 2. The van der Waals surface area contributed by atoms with Crippen LogP contribution in [-0.2, 0) is 25.7 Å². The minimum Gasteiger partial charge on any atom is -0.394 e. The maximum Gasteiger partial charge on any atom is 0.330 e. The number of nitrogens with one attached hydrogen (secondary N) is 4. The van der Waals surface area contributed by atoms with Crippen molar-refractivity contribution in [2.24, 2.45) is 0 Å². The van der Waals surface area contributed by atoms with E-state index >= 15 is 0 Å². The van der Waals surface area contributed by atoms with Crippen molar-refractivity contribution in [2.45, 2.75) is 52.1 Å². The van der Waals surface area contributed by atoms with E-state index in [4.69, 9.17) is 4.74 Å². The van der Waals surface area contributed by atoms with Crippen LogP contribution in [0.25, 0.3) is 0 Å². The van der Waals surface area contributed by atoms with Crippen molar-refractivity contribution in [2.75, 3.05) is 26.2 Å². The Morgan fingerprint density at radius 1 is 1.08 bits per heavy atom. The van der Waals surface area contributed by atoms with Gasteiger partial charge in [-0.25, -0.2) is 9.59 Å². The van der Waals surface area contributed by atoms with E-state index in [-0.39, 0.29) is 36.5 Å². The highest BCUT2D eigenvalue weighted by molar-refractivity contribution is 5.85. The SMILES string of the molecule is CC(=O)NCCN(CC(=O)N[C@H]1C[C@H](n2cc(C)c(=O)[nH]c2=O)O[C@@H]1CO)C(=O)Cn1cc(C)c(=O)[nH]c1=O. The summed E-state index contributed by atoms with van der Waals surface area (Å²) < 4.78 is 7.89. The summed E-state index contributed by atoms with van der Waals surface area (Å²) in [6.07, 6.45) is 0.905. The summed E-state index contributed by atoms with van der Waals surface area (Å²) in [5.41, 5.74) is -2.13. The fourth-order valence-electron chi connectivity index (χ4n) is 4.09. The predicted octanol–water partition coefficient (Wildman–Crippen LogP) is -3.57. The molecule has 0 spiro atoms. The Kier molecular flexibility index (Phi) is 9.37. The Balaban J connectivity index is 1.72. The Labute approximate surface area is 220 Å². The first-order chi connectivity index (χ1) is 18.4. The molecule has 0 aliphatic carbocycles. The number of hydrogen-bond donors (Lipinski definition) is 5. The second-order valence-electron chi connectivity index (χ2n) is 9.20. The monoisotopic (exact) mass is 549 g/mol. The molecule has 0 bridgehead atoms. The lowest BCUT2D eigenvalue weighted by Gasteiger charge is -2.24. The summed E-state index contributed by atoms with van der Waals surface area (Å²) in [5.74, 6) is -1.58. The number of H-pyrrole nitrogens is 2. The van der Waals surface area contributed by atoms with Crippen molar-refractivity contribution < 1.29 is 24.2 Å². The molecule has 3 rings (SSSR count). The molecular formula is C23H31N7O9. The van der Waals surface area contributed by atoms with Crippen LogP contribution in [0.1, 0.15) is 30.7 Å². The molecule has 212 valence electrons. The molecule has 1 saturated heterocycles. The minimum atomic E-state index is -0.872. The van der Waals surface area contributed by atoms with Gasteiger partial charge in [-0.05, 0) is 13.8 Å². The number of amides is 3. The first-order valence-corrected chi connectivity index (χ1v) is 12.1. The van der Waals surface area contributed by atoms with Gasteiger partial charge in [0.05, 0.1) is 19.2 Å². The number of aromatic nitrogens is 4. The Morgan fingerprint density at radius 3 is 2.36 bits per heavy atom. The molecule has 2 aromatic rings. The van der Waals surface area contributed by atoms with Gasteiger partial charge >= 0.3 is 11.4 Å². The van der Waals surface area contributed by atoms with Crippen molar-refractivity contribution >= 4 is 17.7 Å². The van der Waals surface area contributed by atoms with Gasteiger partial charge in [0, 0.05) is 50.0 Å². The highest BCUT2D eigenvalue weighted by atomic mass is 16.5. The van der Waals surface area contributed by atoms with Crippen LogP contribution in [-0.4, -0.2) is 85.2 Å². The molecule has 2 aromatic heterocycles. The zero-order valence-electron chi connectivity index (χ0n) is 21.7. The van der Waals surface area contributed by atoms with Crippen LogP contribution in [0.4, 0.5) is 0 Å². The summed E-state index contributed by atoms with van der Waals surface area (Å²) >= 11 is 0. The molecule has 0 saturated carbocycles. The van der Waals surface area contributed by atoms with Crippen molar-refractivity contribution in [3.8, 4) is 0 Å². The first kappa shape index (κ1) is 29.2. The Morgan fingerprint density at radius 2 is 1.72 bits per heavy atom. The maximum atomic E-state index is 13.0. The number of ether oxygens (including phenoxy) is 1. The lowest BCUT2D eigenvalue weighted by Crippen LogP contribution is -2.49. The van der Waals surface area contributed by atoms with Gasteiger partial charge in [-0.1, -0.05) is 0 Å². The smallest absolute Gasteiger partial charge is 0.330 e. The lowest BCUT2D eigenvalue weighted by atomic mass is 10.1. The molecule has 3 atom stereocenters. The number of aliphatic hydroxyl groups excluding tert-OH is 1. The van der Waals surface area contributed by atoms with Gasteiger partial charge < -0.3 is 25.4 Å². The van der Waals surface area contributed by atoms with Gasteiger partial charge in [0.1, 0.15) is 18.9 Å². The number of aliphatic hydroxyl groups is 1. The van der Waals surface area contributed by atoms with E-state index in [2.05, 4.69) is 20.6 Å². The zero-order chi connectivity index (χ0) is 28.9. The van der Waals surface area contributed by atoms with Gasteiger partial charge in [-0.2, -0.15) is 0 Å². The molecule has 39 heavy (non-hydrogen) atoms. The second-order valence-corrected chi connectivity index (χ2v) is 9.20. The molecule has 16 nitrogen and oxygen atoms in total. The molecule has 1 fully saturated rings. The van der Waals surface area contributed by atoms with E-state index < -0.39 is 72.4 Å². The highest BCUT2D eigenvalue weighted by Crippen LogP contribution is 2.27. The average molecular weight is 550 g/mol. The second kappa shape index (κ2) is 12.5. The molecule has 1 aliphatic rings. The molecule has 0 unspecified atom stereocenters. The van der Waals surface area contributed by atoms with E-state index in [9.17, 15) is 38.7 Å². The van der Waals surface area contributed by atoms with Crippen LogP contribution in [0.3, 0.4) is 0 Å². The molecule has 0 radical (unpaired) electrons. The van der Waals surface area contributed by atoms with Crippen LogP contribution in [0.15, 0.2) is 31.6 Å². The fraction of sp³-hybridized carbons (Fsp3) is 0.522. The molecule has 16 heteroatoms. The maximum absolute atomic E-state index is 13.0. The Bertz CT molecular complexity index is 1470. The van der Waals surface area contributed by atoms with Crippen LogP contribution in [0, 0.1) is 13.8 Å². The van der Waals surface area contributed by atoms with Crippen LogP contribution < -0.4 is 33.1 Å². The van der Waals surface area contributed by atoms with Crippen molar-refractivity contribution in [1.29, 1.82) is 0 Å². The minimum absolute atomic E-state index is 0.0380. The Hall–Kier alpha value is -4.31. The third-order valence-electron chi connectivity index (χ3n) is 6.16. The molecule has 3 heterocycles. The van der Waals surface area contributed by atoms with E-state index in [1.54, 1.807) is 0 Å². The highest BCUT2D eigenvalue weighted by Gasteiger charge is 2.37. The topological polar surface area (TPSA) is 218 Å². The summed E-state index contributed by atoms with van der Waals surface area (Å²) in [5, 5.41) is 15.0. The number of aromatic amines is 2. The number of nitrogens with zero attached hydrogens (tertiary/aromatic N) is 3. The molecule has 0 aromatic carbocycles. The van der Waals surface area contributed by atoms with Crippen LogP contribution >= 0.6 is 0 Å². The third-order valence-corrected chi connectivity index (χ3v) is 6.16. The van der Waals surface area contributed by atoms with E-state index in [1.165, 1.54) is 37.7 Å². The van der Waals surface area contributed by atoms with Crippen molar-refractivity contribution in [1.82, 2.24) is 34.6 Å². The lowest BCUT2D eigenvalue weighted by molar-refractivity contribution is -0.137. The quantitative estimate of drug-likeness (QED) is 0.198. The van der Waals surface area contributed by atoms with Gasteiger partial charge in [-0.3, -0.25) is 43.1 Å². The molecule has 3 amide bonds. The molecule has 1 aliphatic heterocycles. The van der Waals surface area contributed by atoms with Gasteiger partial charge in [0.25, 0.3) is 11.1 Å². The van der Waals surface area contributed by atoms with E-state index in [0.29, 0.717) is 0 Å². The average Bonchev–Trinajstić information content (AvgIpc) is 3.26. The fourth-order valence-corrected chi connectivity index (χ4v) is 4.09. The summed E-state index contributed by atoms with van der Waals surface area (Å²) in [7, 11) is 0. The van der Waals surface area contributed by atoms with E-state index in [1.807, 2.05) is 0 Å². The van der Waals surface area contributed by atoms with Crippen molar-refractivity contribution in [3.63, 3.8) is 0 Å². The predicted molar refractivity (Wildman–Crippen MR) is 135 cm³/mol. The number of carbonyl (C=O) groups excluding carboxylic acids is 3. The number of hydrogen-bond acceptors (Lipinski definition) is 9. The van der Waals surface area contributed by atoms with E-state index in [0.717, 1.165) is 9.47 Å². The zero-order valence-corrected chi connectivity index (χ0v) is 21.7. The standard InChI is InChI=1S/C23H31N7O9/c1-12-7-29(22(37)26-20(12)35)10-18(34)28(5-4-24-14(3)32)9-17(33)25-15-6-19(39-16(15)11-31)30-8-13(2)21(36)27-23(30)38/h7-8,15-16,19,31H,4-6,9-11H2,1-3H3,(H,24,32)(H,25,33)(H,26,35,37)(H,27,36,38)/t15-,16+,19+/m0/s1. The van der Waals surface area contributed by atoms with Gasteiger partial charge in [0.2, 0.25) is 17.7 Å². The first-order valence-electron chi connectivity index (χ1n) is 12.1. The van der Waals surface area contributed by atoms with Crippen LogP contribution in [0.5, 0.6) is 0 Å². The number of carbonyl (C=O) groups is 3. The van der Waals surface area contributed by atoms with Gasteiger partial charge in [0.15, 0.2) is 0 Å². The van der Waals surface area contributed by atoms with Crippen LogP contribution in [0.2, 0.25) is 0 Å². The number of rotatable bonds is 10. The molecular weight excluding hydrogens is 518 g/mol. The summed E-state index contributed by atoms with van der Waals surface area (Å²) in [4.78, 5) is 90.3. The third kappa shape index (κ3) is 7.38. The van der Waals surface area contributed by atoms with Gasteiger partial charge in [-0.15, -0.1) is 0 Å². The largest absolute Gasteiger partial charge is 0.394 e.